The molecule has 15 heavy (non-hydrogen) atoms. The number of aliphatic hydroxyl groups is 1. The van der Waals surface area contributed by atoms with Crippen LogP contribution in [0.5, 0.6) is 0 Å². The van der Waals surface area contributed by atoms with Gasteiger partial charge in [0.1, 0.15) is 0 Å². The quantitative estimate of drug-likeness (QED) is 0.858. The molecule has 4 heteroatoms. The van der Waals surface area contributed by atoms with Crippen LogP contribution in [0.3, 0.4) is 0 Å². The van der Waals surface area contributed by atoms with Gasteiger partial charge in [-0.05, 0) is 31.7 Å². The van der Waals surface area contributed by atoms with E-state index >= 15 is 0 Å². The molecule has 1 aromatic carbocycles. The summed E-state index contributed by atoms with van der Waals surface area (Å²) in [6.07, 6.45) is -0.422. The topological polar surface area (TPSA) is 32.3 Å². The van der Waals surface area contributed by atoms with Crippen molar-refractivity contribution < 1.29 is 5.11 Å². The van der Waals surface area contributed by atoms with Gasteiger partial charge in [0.25, 0.3) is 0 Å². The molecule has 84 valence electrons. The summed E-state index contributed by atoms with van der Waals surface area (Å²) in [5.41, 5.74) is 0.994. The molecule has 0 aliphatic carbocycles. The summed E-state index contributed by atoms with van der Waals surface area (Å²) in [5, 5.41) is 13.7. The van der Waals surface area contributed by atoms with Crippen LogP contribution in [-0.4, -0.2) is 24.8 Å². The number of benzene rings is 1. The van der Waals surface area contributed by atoms with E-state index in [0.717, 1.165) is 5.56 Å². The Balaban J connectivity index is 2.95. The lowest BCUT2D eigenvalue weighted by molar-refractivity contribution is 0.161. The highest BCUT2D eigenvalue weighted by Gasteiger charge is 2.17. The minimum Gasteiger partial charge on any atom is -0.393 e. The fraction of sp³-hybridized carbons (Fsp3) is 0.455. The van der Waals surface area contributed by atoms with Gasteiger partial charge in [0.05, 0.1) is 16.1 Å². The zero-order valence-electron chi connectivity index (χ0n) is 8.80. The van der Waals surface area contributed by atoms with E-state index < -0.39 is 6.10 Å². The second-order valence-corrected chi connectivity index (χ2v) is 4.39. The zero-order chi connectivity index (χ0) is 11.4. The van der Waals surface area contributed by atoms with Crippen molar-refractivity contribution in [1.82, 2.24) is 5.32 Å². The maximum Gasteiger partial charge on any atom is 0.0595 e. The molecule has 0 bridgehead atoms. The van der Waals surface area contributed by atoms with E-state index in [9.17, 15) is 5.11 Å². The van der Waals surface area contributed by atoms with Crippen LogP contribution >= 0.6 is 23.2 Å². The first-order chi connectivity index (χ1) is 7.06. The van der Waals surface area contributed by atoms with Gasteiger partial charge in [-0.15, -0.1) is 0 Å². The van der Waals surface area contributed by atoms with Crippen molar-refractivity contribution in [3.63, 3.8) is 0 Å². The van der Waals surface area contributed by atoms with E-state index in [1.54, 1.807) is 19.1 Å². The van der Waals surface area contributed by atoms with Crippen LogP contribution in [-0.2, 0) is 0 Å². The number of nitrogens with one attached hydrogen (secondary N) is 1. The Kier molecular flexibility index (Phi) is 4.87. The lowest BCUT2D eigenvalue weighted by Gasteiger charge is -2.20. The van der Waals surface area contributed by atoms with Crippen molar-refractivity contribution >= 4 is 23.2 Å². The minimum absolute atomic E-state index is 0.0322. The Morgan fingerprint density at radius 3 is 2.47 bits per heavy atom. The summed E-state index contributed by atoms with van der Waals surface area (Å²) in [7, 11) is 1.85. The highest BCUT2D eigenvalue weighted by molar-refractivity contribution is 6.42. The van der Waals surface area contributed by atoms with Crippen LogP contribution in [0.15, 0.2) is 18.2 Å². The van der Waals surface area contributed by atoms with Gasteiger partial charge in [-0.2, -0.15) is 0 Å². The van der Waals surface area contributed by atoms with Gasteiger partial charge in [-0.3, -0.25) is 0 Å². The molecule has 1 rings (SSSR count). The van der Waals surface area contributed by atoms with E-state index in [1.807, 2.05) is 13.1 Å². The first-order valence-electron chi connectivity index (χ1n) is 4.84. The van der Waals surface area contributed by atoms with Gasteiger partial charge in [-0.25, -0.2) is 0 Å². The summed E-state index contributed by atoms with van der Waals surface area (Å²) in [4.78, 5) is 0. The van der Waals surface area contributed by atoms with E-state index in [1.165, 1.54) is 0 Å². The molecule has 2 N–H and O–H groups in total. The highest BCUT2D eigenvalue weighted by atomic mass is 35.5. The third-order valence-corrected chi connectivity index (χ3v) is 3.12. The fourth-order valence-electron chi connectivity index (χ4n) is 1.53. The minimum atomic E-state index is -0.422. The summed E-state index contributed by atoms with van der Waals surface area (Å²) < 4.78 is 0. The molecule has 0 heterocycles. The van der Waals surface area contributed by atoms with Crippen molar-refractivity contribution in [3.8, 4) is 0 Å². The van der Waals surface area contributed by atoms with Gasteiger partial charge in [-0.1, -0.05) is 29.3 Å². The average molecular weight is 248 g/mol. The third-order valence-electron chi connectivity index (χ3n) is 2.38. The number of hydrogen-bond acceptors (Lipinski definition) is 2. The fourth-order valence-corrected chi connectivity index (χ4v) is 1.84. The van der Waals surface area contributed by atoms with Crippen LogP contribution < -0.4 is 5.32 Å². The average Bonchev–Trinajstić information content (AvgIpc) is 2.18. The normalized spacial score (nSPS) is 15.0. The number of likely N-dealkylation sites (N-methyl/N-ethyl adjacent to an activating group) is 1. The first kappa shape index (κ1) is 12.8. The molecule has 0 saturated carbocycles. The summed E-state index contributed by atoms with van der Waals surface area (Å²) in [6.45, 7) is 2.47. The monoisotopic (exact) mass is 247 g/mol. The smallest absolute Gasteiger partial charge is 0.0595 e. The SMILES string of the molecule is CNCC(c1ccc(Cl)c(Cl)c1)C(C)O. The highest BCUT2D eigenvalue weighted by Crippen LogP contribution is 2.27. The van der Waals surface area contributed by atoms with Crippen molar-refractivity contribution in [2.24, 2.45) is 0 Å². The molecular formula is C11H15Cl2NO. The van der Waals surface area contributed by atoms with E-state index in [4.69, 9.17) is 23.2 Å². The summed E-state index contributed by atoms with van der Waals surface area (Å²) in [5.74, 6) is 0.0322. The number of hydrogen-bond donors (Lipinski definition) is 2. The molecule has 2 atom stereocenters. The van der Waals surface area contributed by atoms with Crippen molar-refractivity contribution in [3.05, 3.63) is 33.8 Å². The molecule has 2 unspecified atom stereocenters. The maximum absolute atomic E-state index is 9.64. The van der Waals surface area contributed by atoms with Crippen LogP contribution in [0.2, 0.25) is 10.0 Å². The second kappa shape index (κ2) is 5.71. The summed E-state index contributed by atoms with van der Waals surface area (Å²) >= 11 is 11.8. The lowest BCUT2D eigenvalue weighted by Crippen LogP contribution is -2.25. The largest absolute Gasteiger partial charge is 0.393 e. The Labute approximate surface area is 100 Å². The first-order valence-corrected chi connectivity index (χ1v) is 5.59. The number of rotatable bonds is 4. The van der Waals surface area contributed by atoms with Gasteiger partial charge in [0.2, 0.25) is 0 Å². The molecule has 0 spiro atoms. The molecule has 0 radical (unpaired) electrons. The standard InChI is InChI=1S/C11H15Cl2NO/c1-7(15)9(6-14-2)8-3-4-10(12)11(13)5-8/h3-5,7,9,14-15H,6H2,1-2H3. The van der Waals surface area contributed by atoms with Crippen molar-refractivity contribution in [1.29, 1.82) is 0 Å². The van der Waals surface area contributed by atoms with Gasteiger partial charge in [0.15, 0.2) is 0 Å². The molecule has 2 nitrogen and oxygen atoms in total. The lowest BCUT2D eigenvalue weighted by atomic mass is 9.94. The van der Waals surface area contributed by atoms with Gasteiger partial charge >= 0.3 is 0 Å². The van der Waals surface area contributed by atoms with Crippen LogP contribution in [0, 0.1) is 0 Å². The van der Waals surface area contributed by atoms with Gasteiger partial charge < -0.3 is 10.4 Å². The Bertz CT molecular complexity index is 328. The molecule has 0 aliphatic rings. The van der Waals surface area contributed by atoms with Crippen LogP contribution in [0.1, 0.15) is 18.4 Å². The van der Waals surface area contributed by atoms with Crippen LogP contribution in [0.25, 0.3) is 0 Å². The van der Waals surface area contributed by atoms with Gasteiger partial charge in [0, 0.05) is 12.5 Å². The van der Waals surface area contributed by atoms with E-state index in [0.29, 0.717) is 16.6 Å². The number of halogens is 2. The predicted molar refractivity (Wildman–Crippen MR) is 64.8 cm³/mol. The third kappa shape index (κ3) is 3.35. The van der Waals surface area contributed by atoms with E-state index in [2.05, 4.69) is 5.32 Å². The molecule has 0 amide bonds. The summed E-state index contributed by atoms with van der Waals surface area (Å²) in [6, 6.07) is 5.45. The Hall–Kier alpha value is -0.280. The second-order valence-electron chi connectivity index (χ2n) is 3.58. The Morgan fingerprint density at radius 1 is 1.33 bits per heavy atom. The maximum atomic E-state index is 9.64. The van der Waals surface area contributed by atoms with Crippen LogP contribution in [0.4, 0.5) is 0 Å². The molecule has 1 aromatic rings. The van der Waals surface area contributed by atoms with Crippen molar-refractivity contribution in [2.45, 2.75) is 18.9 Å². The molecule has 0 aromatic heterocycles. The van der Waals surface area contributed by atoms with E-state index in [-0.39, 0.29) is 5.92 Å². The molecule has 0 fully saturated rings. The predicted octanol–water partition coefficient (Wildman–Crippen LogP) is 2.68. The van der Waals surface area contributed by atoms with Crippen molar-refractivity contribution in [2.75, 3.05) is 13.6 Å². The molecule has 0 aliphatic heterocycles. The zero-order valence-corrected chi connectivity index (χ0v) is 10.3. The molecular weight excluding hydrogens is 233 g/mol. The number of aliphatic hydroxyl groups excluding tert-OH is 1. The molecule has 0 saturated heterocycles. The Morgan fingerprint density at radius 2 is 2.00 bits per heavy atom.